The fourth-order valence-corrected chi connectivity index (χ4v) is 3.97. The normalized spacial score (nSPS) is 16.7. The molecule has 138 valence electrons. The van der Waals surface area contributed by atoms with Gasteiger partial charge in [0, 0.05) is 11.3 Å². The zero-order valence-corrected chi connectivity index (χ0v) is 16.4. The number of amides is 2. The second-order valence-electron chi connectivity index (χ2n) is 6.14. The van der Waals surface area contributed by atoms with Crippen LogP contribution in [0, 0.1) is 6.92 Å². The molecule has 0 bridgehead atoms. The van der Waals surface area contributed by atoms with Crippen molar-refractivity contribution in [2.24, 2.45) is 0 Å². The quantitative estimate of drug-likeness (QED) is 0.603. The fourth-order valence-electron chi connectivity index (χ4n) is 2.57. The highest BCUT2D eigenvalue weighted by Gasteiger charge is 2.38. The summed E-state index contributed by atoms with van der Waals surface area (Å²) in [6.45, 7) is 3.60. The minimum atomic E-state index is -0.755. The number of nitrogens with one attached hydrogen (secondary N) is 1. The number of aromatic hydroxyl groups is 1. The van der Waals surface area contributed by atoms with Crippen LogP contribution in [0.1, 0.15) is 18.1 Å². The van der Waals surface area contributed by atoms with Gasteiger partial charge in [-0.25, -0.2) is 0 Å². The van der Waals surface area contributed by atoms with Crippen LogP contribution >= 0.6 is 24.0 Å². The summed E-state index contributed by atoms with van der Waals surface area (Å²) in [5, 5.41) is 12.7. The van der Waals surface area contributed by atoms with Crippen molar-refractivity contribution in [1.29, 1.82) is 0 Å². The van der Waals surface area contributed by atoms with E-state index in [1.54, 1.807) is 37.3 Å². The Balaban J connectivity index is 1.77. The van der Waals surface area contributed by atoms with Crippen LogP contribution in [-0.4, -0.2) is 32.2 Å². The molecule has 2 amide bonds. The maximum absolute atomic E-state index is 12.8. The maximum Gasteiger partial charge on any atom is 0.266 e. The van der Waals surface area contributed by atoms with E-state index < -0.39 is 6.04 Å². The van der Waals surface area contributed by atoms with E-state index in [1.807, 2.05) is 31.2 Å². The summed E-state index contributed by atoms with van der Waals surface area (Å²) in [5.74, 6) is -0.591. The molecule has 1 atom stereocenters. The Bertz CT molecular complexity index is 938. The summed E-state index contributed by atoms with van der Waals surface area (Å²) in [7, 11) is 0. The lowest BCUT2D eigenvalue weighted by Crippen LogP contribution is -2.44. The van der Waals surface area contributed by atoms with Crippen LogP contribution in [0.3, 0.4) is 0 Å². The van der Waals surface area contributed by atoms with E-state index in [-0.39, 0.29) is 17.6 Å². The number of rotatable bonds is 4. The van der Waals surface area contributed by atoms with Crippen LogP contribution in [0.15, 0.2) is 53.4 Å². The molecule has 1 aliphatic rings. The summed E-state index contributed by atoms with van der Waals surface area (Å²) in [6.07, 6.45) is 1.58. The number of carbonyl (C=O) groups is 2. The first-order valence-corrected chi connectivity index (χ1v) is 9.52. The lowest BCUT2D eigenvalue weighted by Gasteiger charge is -2.22. The van der Waals surface area contributed by atoms with Gasteiger partial charge < -0.3 is 10.4 Å². The third kappa shape index (κ3) is 4.20. The molecule has 0 saturated carbocycles. The van der Waals surface area contributed by atoms with Gasteiger partial charge in [-0.2, -0.15) is 0 Å². The van der Waals surface area contributed by atoms with Crippen LogP contribution in [-0.2, 0) is 9.59 Å². The first-order chi connectivity index (χ1) is 12.9. The van der Waals surface area contributed by atoms with Crippen LogP contribution in [0.5, 0.6) is 5.75 Å². The monoisotopic (exact) mass is 398 g/mol. The molecular formula is C20H18N2O3S2. The maximum atomic E-state index is 12.8. The van der Waals surface area contributed by atoms with Crippen LogP contribution < -0.4 is 5.32 Å². The van der Waals surface area contributed by atoms with E-state index in [1.165, 1.54) is 4.90 Å². The van der Waals surface area contributed by atoms with Gasteiger partial charge in [-0.3, -0.25) is 14.5 Å². The van der Waals surface area contributed by atoms with Crippen LogP contribution in [0.25, 0.3) is 6.08 Å². The van der Waals surface area contributed by atoms with Crippen molar-refractivity contribution in [2.45, 2.75) is 19.9 Å². The van der Waals surface area contributed by atoms with Crippen molar-refractivity contribution < 1.29 is 14.7 Å². The summed E-state index contributed by atoms with van der Waals surface area (Å²) in [4.78, 5) is 27.0. The van der Waals surface area contributed by atoms with Crippen LogP contribution in [0.4, 0.5) is 5.69 Å². The number of phenolic OH excluding ortho intramolecular Hbond substituents is 1. The third-order valence-corrected chi connectivity index (χ3v) is 5.46. The standard InChI is InChI=1S/C20H18N2O3S2/c1-12-7-9-15(10-8-12)21-18(24)13(2)22-19(25)17(27-20(22)26)11-14-5-3-4-6-16(14)23/h3-11,13,23H,1-2H3,(H,21,24)/b17-11-. The predicted octanol–water partition coefficient (Wildman–Crippen LogP) is 3.93. The molecule has 27 heavy (non-hydrogen) atoms. The highest BCUT2D eigenvalue weighted by atomic mass is 32.2. The number of phenols is 1. The number of benzene rings is 2. The first-order valence-electron chi connectivity index (χ1n) is 8.29. The molecule has 1 heterocycles. The Labute approximate surface area is 167 Å². The molecule has 1 unspecified atom stereocenters. The number of aryl methyl sites for hydroxylation is 1. The van der Waals surface area contributed by atoms with E-state index >= 15 is 0 Å². The van der Waals surface area contributed by atoms with Gasteiger partial charge in [0.25, 0.3) is 5.91 Å². The third-order valence-electron chi connectivity index (χ3n) is 4.13. The zero-order chi connectivity index (χ0) is 19.6. The summed E-state index contributed by atoms with van der Waals surface area (Å²) in [6, 6.07) is 13.4. The van der Waals surface area contributed by atoms with Gasteiger partial charge in [-0.05, 0) is 38.1 Å². The van der Waals surface area contributed by atoms with Gasteiger partial charge in [0.15, 0.2) is 0 Å². The minimum absolute atomic E-state index is 0.0768. The van der Waals surface area contributed by atoms with E-state index in [9.17, 15) is 14.7 Å². The highest BCUT2D eigenvalue weighted by molar-refractivity contribution is 8.26. The highest BCUT2D eigenvalue weighted by Crippen LogP contribution is 2.35. The smallest absolute Gasteiger partial charge is 0.266 e. The minimum Gasteiger partial charge on any atom is -0.507 e. The lowest BCUT2D eigenvalue weighted by molar-refractivity contribution is -0.129. The summed E-state index contributed by atoms with van der Waals surface area (Å²) < 4.78 is 0.313. The van der Waals surface area contributed by atoms with E-state index in [0.29, 0.717) is 20.5 Å². The zero-order valence-electron chi connectivity index (χ0n) is 14.8. The molecule has 1 fully saturated rings. The van der Waals surface area contributed by atoms with Gasteiger partial charge in [-0.15, -0.1) is 0 Å². The van der Waals surface area contributed by atoms with Gasteiger partial charge in [0.1, 0.15) is 16.1 Å². The largest absolute Gasteiger partial charge is 0.507 e. The average Bonchev–Trinajstić information content (AvgIpc) is 2.92. The van der Waals surface area contributed by atoms with Crippen molar-refractivity contribution in [3.8, 4) is 5.75 Å². The SMILES string of the molecule is Cc1ccc(NC(=O)C(C)N2C(=O)/C(=C/c3ccccc3O)SC2=S)cc1. The molecule has 2 N–H and O–H groups in total. The molecule has 7 heteroatoms. The van der Waals surface area contributed by atoms with Gasteiger partial charge in [0.05, 0.1) is 4.91 Å². The fraction of sp³-hybridized carbons (Fsp3) is 0.150. The molecule has 0 spiro atoms. The Hall–Kier alpha value is -2.64. The molecule has 2 aromatic rings. The molecule has 3 rings (SSSR count). The predicted molar refractivity (Wildman–Crippen MR) is 112 cm³/mol. The average molecular weight is 399 g/mol. The Morgan fingerprint density at radius 3 is 2.56 bits per heavy atom. The topological polar surface area (TPSA) is 69.6 Å². The molecular weight excluding hydrogens is 380 g/mol. The van der Waals surface area contributed by atoms with E-state index in [4.69, 9.17) is 12.2 Å². The molecule has 2 aromatic carbocycles. The summed E-state index contributed by atoms with van der Waals surface area (Å²) >= 11 is 6.42. The van der Waals surface area contributed by atoms with E-state index in [0.717, 1.165) is 17.3 Å². The second-order valence-corrected chi connectivity index (χ2v) is 7.82. The number of anilines is 1. The van der Waals surface area contributed by atoms with Gasteiger partial charge in [0.2, 0.25) is 5.91 Å². The Morgan fingerprint density at radius 1 is 1.22 bits per heavy atom. The van der Waals surface area contributed by atoms with Gasteiger partial charge >= 0.3 is 0 Å². The van der Waals surface area contributed by atoms with Gasteiger partial charge in [-0.1, -0.05) is 59.9 Å². The van der Waals surface area contributed by atoms with Crippen molar-refractivity contribution >= 4 is 51.9 Å². The molecule has 5 nitrogen and oxygen atoms in total. The number of nitrogens with zero attached hydrogens (tertiary/aromatic N) is 1. The van der Waals surface area contributed by atoms with Crippen LogP contribution in [0.2, 0.25) is 0 Å². The number of thiocarbonyl (C=S) groups is 1. The molecule has 0 radical (unpaired) electrons. The Kier molecular flexibility index (Phi) is 5.62. The van der Waals surface area contributed by atoms with E-state index in [2.05, 4.69) is 5.32 Å². The Morgan fingerprint density at radius 2 is 1.89 bits per heavy atom. The molecule has 1 saturated heterocycles. The first kappa shape index (κ1) is 19.1. The lowest BCUT2D eigenvalue weighted by atomic mass is 10.1. The number of hydrogen-bond donors (Lipinski definition) is 2. The number of carbonyl (C=O) groups excluding carboxylic acids is 2. The number of hydrogen-bond acceptors (Lipinski definition) is 5. The molecule has 1 aliphatic heterocycles. The number of para-hydroxylation sites is 1. The molecule has 0 aliphatic carbocycles. The van der Waals surface area contributed by atoms with Crippen molar-refractivity contribution in [3.63, 3.8) is 0 Å². The van der Waals surface area contributed by atoms with Crippen molar-refractivity contribution in [3.05, 3.63) is 64.6 Å². The second kappa shape index (κ2) is 7.94. The number of thioether (sulfide) groups is 1. The molecule has 0 aromatic heterocycles. The summed E-state index contributed by atoms with van der Waals surface area (Å²) in [5.41, 5.74) is 2.27. The van der Waals surface area contributed by atoms with Crippen molar-refractivity contribution in [2.75, 3.05) is 5.32 Å². The van der Waals surface area contributed by atoms with Crippen molar-refractivity contribution in [1.82, 2.24) is 4.90 Å².